The summed E-state index contributed by atoms with van der Waals surface area (Å²) in [5, 5.41) is 9.58. The van der Waals surface area contributed by atoms with Gasteiger partial charge in [0.1, 0.15) is 17.7 Å². The molecule has 1 aliphatic heterocycles. The van der Waals surface area contributed by atoms with Gasteiger partial charge < -0.3 is 20.9 Å². The van der Waals surface area contributed by atoms with Gasteiger partial charge in [-0.2, -0.15) is 0 Å². The van der Waals surface area contributed by atoms with Gasteiger partial charge in [0.25, 0.3) is 5.91 Å². The van der Waals surface area contributed by atoms with E-state index in [4.69, 9.17) is 0 Å². The molecule has 1 saturated heterocycles. The second-order valence-corrected chi connectivity index (χ2v) is 8.70. The summed E-state index contributed by atoms with van der Waals surface area (Å²) in [6.45, 7) is 3.42. The molecule has 3 N–H and O–H groups in total. The molecule has 4 rings (SSSR count). The molecule has 1 saturated carbocycles. The Labute approximate surface area is 192 Å². The molecule has 0 unspecified atom stereocenters. The van der Waals surface area contributed by atoms with Crippen LogP contribution in [0.3, 0.4) is 0 Å². The fraction of sp³-hybridized carbons (Fsp3) is 0.440. The lowest BCUT2D eigenvalue weighted by Crippen LogP contribution is -2.54. The molecule has 1 heterocycles. The quantitative estimate of drug-likeness (QED) is 0.507. The summed E-state index contributed by atoms with van der Waals surface area (Å²) in [6, 6.07) is 11.7. The average Bonchev–Trinajstić information content (AvgIpc) is 3.61. The zero-order valence-electron chi connectivity index (χ0n) is 18.5. The highest BCUT2D eigenvalue weighted by molar-refractivity contribution is 5.97. The van der Waals surface area contributed by atoms with E-state index < -0.39 is 11.9 Å². The summed E-state index contributed by atoms with van der Waals surface area (Å²) in [5.74, 6) is -0.712. The van der Waals surface area contributed by atoms with Crippen LogP contribution in [-0.2, 0) is 4.79 Å². The van der Waals surface area contributed by atoms with E-state index >= 15 is 0 Å². The predicted octanol–water partition coefficient (Wildman–Crippen LogP) is 2.42. The van der Waals surface area contributed by atoms with Crippen LogP contribution in [-0.4, -0.2) is 61.5 Å². The average molecular weight is 457 g/mol. The van der Waals surface area contributed by atoms with E-state index in [1.165, 1.54) is 36.4 Å². The van der Waals surface area contributed by atoms with E-state index in [2.05, 4.69) is 16.0 Å². The number of nitrogens with one attached hydrogen (secondary N) is 3. The highest BCUT2D eigenvalue weighted by atomic mass is 19.1. The van der Waals surface area contributed by atoms with Crippen molar-refractivity contribution < 1.29 is 18.4 Å². The summed E-state index contributed by atoms with van der Waals surface area (Å²) in [7, 11) is 0. The maximum atomic E-state index is 13.2. The number of carbonyl (C=O) groups is 2. The van der Waals surface area contributed by atoms with E-state index in [-0.39, 0.29) is 17.6 Å². The standard InChI is InChI=1S/C25H30F2N4O2/c26-19-7-3-17(4-8-19)21-16-23(21)29-11-1-2-22(25(33)31-14-12-28-13-15-31)30-24(32)18-5-9-20(27)10-6-18/h3-10,21-23,28-29H,1-2,11-16H2,(H,30,32)/t21-,22-,23+/m0/s1. The van der Waals surface area contributed by atoms with Gasteiger partial charge in [0.15, 0.2) is 0 Å². The first-order valence-corrected chi connectivity index (χ1v) is 11.6. The molecule has 8 heteroatoms. The number of hydrogen-bond acceptors (Lipinski definition) is 4. The second-order valence-electron chi connectivity index (χ2n) is 8.70. The number of benzene rings is 2. The molecular weight excluding hydrogens is 426 g/mol. The minimum absolute atomic E-state index is 0.0810. The van der Waals surface area contributed by atoms with Crippen LogP contribution in [0.4, 0.5) is 8.78 Å². The van der Waals surface area contributed by atoms with Gasteiger partial charge in [0.2, 0.25) is 5.91 Å². The molecule has 2 fully saturated rings. The van der Waals surface area contributed by atoms with Crippen LogP contribution >= 0.6 is 0 Å². The molecule has 2 amide bonds. The summed E-state index contributed by atoms with van der Waals surface area (Å²) in [5.41, 5.74) is 1.46. The molecule has 6 nitrogen and oxygen atoms in total. The van der Waals surface area contributed by atoms with Crippen molar-refractivity contribution in [1.82, 2.24) is 20.9 Å². The maximum absolute atomic E-state index is 13.2. The van der Waals surface area contributed by atoms with Gasteiger partial charge in [0, 0.05) is 43.7 Å². The Kier molecular flexibility index (Phi) is 7.67. The van der Waals surface area contributed by atoms with Gasteiger partial charge in [-0.05, 0) is 67.8 Å². The normalized spacial score (nSPS) is 20.8. The molecule has 0 aromatic heterocycles. The summed E-state index contributed by atoms with van der Waals surface area (Å²) >= 11 is 0. The van der Waals surface area contributed by atoms with Crippen LogP contribution in [0.2, 0.25) is 0 Å². The van der Waals surface area contributed by atoms with Crippen molar-refractivity contribution in [3.05, 3.63) is 71.3 Å². The summed E-state index contributed by atoms with van der Waals surface area (Å²) in [6.07, 6.45) is 2.24. The van der Waals surface area contributed by atoms with Crippen LogP contribution in [0, 0.1) is 11.6 Å². The molecule has 33 heavy (non-hydrogen) atoms. The van der Waals surface area contributed by atoms with Crippen molar-refractivity contribution >= 4 is 11.8 Å². The highest BCUT2D eigenvalue weighted by Crippen LogP contribution is 2.40. The third-order valence-electron chi connectivity index (χ3n) is 6.30. The minimum Gasteiger partial charge on any atom is -0.340 e. The number of halogens is 2. The van der Waals surface area contributed by atoms with Crippen LogP contribution in [0.5, 0.6) is 0 Å². The topological polar surface area (TPSA) is 73.5 Å². The van der Waals surface area contributed by atoms with E-state index in [1.807, 2.05) is 12.1 Å². The fourth-order valence-electron chi connectivity index (χ4n) is 4.30. The monoisotopic (exact) mass is 456 g/mol. The maximum Gasteiger partial charge on any atom is 0.251 e. The van der Waals surface area contributed by atoms with Crippen LogP contribution in [0.15, 0.2) is 48.5 Å². The SMILES string of the molecule is O=C(N[C@@H](CCCN[C@@H]1C[C@H]1c1ccc(F)cc1)C(=O)N1CCNCC1)c1ccc(F)cc1. The van der Waals surface area contributed by atoms with Gasteiger partial charge in [-0.25, -0.2) is 8.78 Å². The number of carbonyl (C=O) groups excluding carboxylic acids is 2. The smallest absolute Gasteiger partial charge is 0.251 e. The van der Waals surface area contributed by atoms with E-state index in [0.717, 1.165) is 38.0 Å². The summed E-state index contributed by atoms with van der Waals surface area (Å²) in [4.78, 5) is 27.5. The number of hydrogen-bond donors (Lipinski definition) is 3. The van der Waals surface area contributed by atoms with E-state index in [0.29, 0.717) is 37.0 Å². The number of nitrogens with zero attached hydrogens (tertiary/aromatic N) is 1. The Morgan fingerprint density at radius 2 is 1.64 bits per heavy atom. The van der Waals surface area contributed by atoms with Gasteiger partial charge in [-0.15, -0.1) is 0 Å². The summed E-state index contributed by atoms with van der Waals surface area (Å²) < 4.78 is 26.3. The molecule has 2 aromatic rings. The van der Waals surface area contributed by atoms with Crippen molar-refractivity contribution in [1.29, 1.82) is 0 Å². The predicted molar refractivity (Wildman–Crippen MR) is 122 cm³/mol. The zero-order chi connectivity index (χ0) is 23.2. The van der Waals surface area contributed by atoms with Crippen molar-refractivity contribution in [3.63, 3.8) is 0 Å². The molecule has 2 aromatic carbocycles. The first-order chi connectivity index (χ1) is 16.0. The number of rotatable bonds is 9. The van der Waals surface area contributed by atoms with Gasteiger partial charge in [0.05, 0.1) is 0 Å². The molecule has 0 spiro atoms. The lowest BCUT2D eigenvalue weighted by molar-refractivity contribution is -0.134. The largest absolute Gasteiger partial charge is 0.340 e. The van der Waals surface area contributed by atoms with E-state index in [9.17, 15) is 18.4 Å². The van der Waals surface area contributed by atoms with Gasteiger partial charge in [-0.3, -0.25) is 9.59 Å². The zero-order valence-corrected chi connectivity index (χ0v) is 18.5. The highest BCUT2D eigenvalue weighted by Gasteiger charge is 2.37. The number of piperazine rings is 1. The first-order valence-electron chi connectivity index (χ1n) is 11.6. The Morgan fingerprint density at radius 3 is 2.30 bits per heavy atom. The Balaban J connectivity index is 1.29. The van der Waals surface area contributed by atoms with Crippen molar-refractivity contribution in [2.75, 3.05) is 32.7 Å². The van der Waals surface area contributed by atoms with Crippen molar-refractivity contribution in [2.45, 2.75) is 37.3 Å². The van der Waals surface area contributed by atoms with Crippen LogP contribution in [0.25, 0.3) is 0 Å². The third-order valence-corrected chi connectivity index (χ3v) is 6.30. The Bertz CT molecular complexity index is 946. The van der Waals surface area contributed by atoms with Gasteiger partial charge in [-0.1, -0.05) is 12.1 Å². The van der Waals surface area contributed by atoms with Crippen molar-refractivity contribution in [3.8, 4) is 0 Å². The lowest BCUT2D eigenvalue weighted by Gasteiger charge is -2.31. The molecule has 176 valence electrons. The first kappa shape index (κ1) is 23.3. The second kappa shape index (κ2) is 10.9. The van der Waals surface area contributed by atoms with Gasteiger partial charge >= 0.3 is 0 Å². The molecule has 0 radical (unpaired) electrons. The Morgan fingerprint density at radius 1 is 1.00 bits per heavy atom. The van der Waals surface area contributed by atoms with Crippen molar-refractivity contribution in [2.24, 2.45) is 0 Å². The molecule has 3 atom stereocenters. The third kappa shape index (κ3) is 6.36. The minimum atomic E-state index is -0.630. The molecule has 2 aliphatic rings. The van der Waals surface area contributed by atoms with Crippen LogP contribution < -0.4 is 16.0 Å². The fourth-order valence-corrected chi connectivity index (χ4v) is 4.30. The molecule has 0 bridgehead atoms. The number of amides is 2. The van der Waals surface area contributed by atoms with E-state index in [1.54, 1.807) is 4.90 Å². The molecule has 1 aliphatic carbocycles. The lowest BCUT2D eigenvalue weighted by atomic mass is 10.1. The Hall–Kier alpha value is -2.84. The molecular formula is C25H30F2N4O2. The van der Waals surface area contributed by atoms with Crippen LogP contribution in [0.1, 0.15) is 41.1 Å².